The smallest absolute Gasteiger partial charge is 0.255 e. The molecule has 1 aliphatic carbocycles. The third kappa shape index (κ3) is 4.53. The standard InChI is InChI=1S/C23H30N4O2/c1-2-26-9-11-27(12-10-26)22-8-7-17(15-24-22)16-25-23(29)20-13-18-5-3-4-6-19(18)14-21(20)28/h7-8,13-15,28H,2-6,9-12,16H2,1H3,(H,25,29). The van der Waals surface area contributed by atoms with Crippen molar-refractivity contribution in [1.29, 1.82) is 0 Å². The number of benzene rings is 1. The van der Waals surface area contributed by atoms with Crippen LogP contribution >= 0.6 is 0 Å². The zero-order valence-electron chi connectivity index (χ0n) is 17.2. The van der Waals surface area contributed by atoms with Gasteiger partial charge in [-0.25, -0.2) is 4.98 Å². The van der Waals surface area contributed by atoms with Gasteiger partial charge in [-0.1, -0.05) is 13.0 Å². The lowest BCUT2D eigenvalue weighted by atomic mass is 9.90. The minimum Gasteiger partial charge on any atom is -0.507 e. The van der Waals surface area contributed by atoms with Crippen molar-refractivity contribution >= 4 is 11.7 Å². The molecule has 0 radical (unpaired) electrons. The molecule has 1 aromatic carbocycles. The second kappa shape index (κ2) is 8.82. The predicted molar refractivity (Wildman–Crippen MR) is 114 cm³/mol. The average Bonchev–Trinajstić information content (AvgIpc) is 2.77. The first-order valence-corrected chi connectivity index (χ1v) is 10.7. The monoisotopic (exact) mass is 394 g/mol. The number of piperazine rings is 1. The molecule has 2 heterocycles. The molecule has 6 nitrogen and oxygen atoms in total. The Kier molecular flexibility index (Phi) is 6.00. The van der Waals surface area contributed by atoms with Crippen molar-refractivity contribution in [3.63, 3.8) is 0 Å². The van der Waals surface area contributed by atoms with E-state index in [4.69, 9.17) is 0 Å². The molecule has 0 bridgehead atoms. The van der Waals surface area contributed by atoms with Crippen LogP contribution in [0.15, 0.2) is 30.5 Å². The van der Waals surface area contributed by atoms with Crippen LogP contribution in [0.3, 0.4) is 0 Å². The number of pyridine rings is 1. The van der Waals surface area contributed by atoms with Gasteiger partial charge in [-0.15, -0.1) is 0 Å². The van der Waals surface area contributed by atoms with Crippen molar-refractivity contribution in [2.24, 2.45) is 0 Å². The quantitative estimate of drug-likeness (QED) is 0.816. The molecule has 1 saturated heterocycles. The van der Waals surface area contributed by atoms with Crippen molar-refractivity contribution in [3.8, 4) is 5.75 Å². The second-order valence-corrected chi connectivity index (χ2v) is 7.97. The van der Waals surface area contributed by atoms with Gasteiger partial charge in [0.1, 0.15) is 11.6 Å². The average molecular weight is 395 g/mol. The number of aromatic nitrogens is 1. The molecule has 1 aromatic heterocycles. The number of carbonyl (C=O) groups excluding carboxylic acids is 1. The van der Waals surface area contributed by atoms with Crippen molar-refractivity contribution in [2.75, 3.05) is 37.6 Å². The molecule has 154 valence electrons. The van der Waals surface area contributed by atoms with E-state index in [1.54, 1.807) is 6.07 Å². The number of aromatic hydroxyl groups is 1. The summed E-state index contributed by atoms with van der Waals surface area (Å²) in [5.74, 6) is 0.821. The van der Waals surface area contributed by atoms with Gasteiger partial charge < -0.3 is 20.2 Å². The Balaban J connectivity index is 1.35. The Morgan fingerprint density at radius 1 is 1.10 bits per heavy atom. The number of carbonyl (C=O) groups is 1. The Hall–Kier alpha value is -2.60. The van der Waals surface area contributed by atoms with Crippen LogP contribution in [0.5, 0.6) is 5.75 Å². The van der Waals surface area contributed by atoms with Gasteiger partial charge in [0.05, 0.1) is 5.56 Å². The highest BCUT2D eigenvalue weighted by atomic mass is 16.3. The number of hydrogen-bond donors (Lipinski definition) is 2. The fourth-order valence-electron chi connectivity index (χ4n) is 4.23. The van der Waals surface area contributed by atoms with Gasteiger partial charge in [0, 0.05) is 38.9 Å². The van der Waals surface area contributed by atoms with Crippen LogP contribution in [0, 0.1) is 0 Å². The van der Waals surface area contributed by atoms with E-state index in [2.05, 4.69) is 27.0 Å². The lowest BCUT2D eigenvalue weighted by Gasteiger charge is -2.34. The van der Waals surface area contributed by atoms with Crippen LogP contribution in [0.4, 0.5) is 5.82 Å². The SMILES string of the molecule is CCN1CCN(c2ccc(CNC(=O)c3cc4c(cc3O)CCCC4)cn2)CC1. The summed E-state index contributed by atoms with van der Waals surface area (Å²) in [5, 5.41) is 13.2. The Morgan fingerprint density at radius 2 is 1.83 bits per heavy atom. The van der Waals surface area contributed by atoms with E-state index >= 15 is 0 Å². The number of rotatable bonds is 5. The summed E-state index contributed by atoms with van der Waals surface area (Å²) in [7, 11) is 0. The number of nitrogens with one attached hydrogen (secondary N) is 1. The van der Waals surface area contributed by atoms with Crippen LogP contribution in [-0.2, 0) is 19.4 Å². The maximum Gasteiger partial charge on any atom is 0.255 e. The molecule has 1 fully saturated rings. The zero-order valence-corrected chi connectivity index (χ0v) is 17.2. The molecule has 6 heteroatoms. The summed E-state index contributed by atoms with van der Waals surface area (Å²) in [4.78, 5) is 21.9. The molecule has 2 aliphatic rings. The first-order valence-electron chi connectivity index (χ1n) is 10.7. The highest BCUT2D eigenvalue weighted by molar-refractivity contribution is 5.97. The molecule has 1 aliphatic heterocycles. The molecular weight excluding hydrogens is 364 g/mol. The maximum atomic E-state index is 12.6. The molecule has 2 aromatic rings. The number of aryl methyl sites for hydroxylation is 2. The molecule has 0 unspecified atom stereocenters. The summed E-state index contributed by atoms with van der Waals surface area (Å²) >= 11 is 0. The van der Waals surface area contributed by atoms with E-state index in [0.29, 0.717) is 12.1 Å². The topological polar surface area (TPSA) is 68.7 Å². The molecule has 29 heavy (non-hydrogen) atoms. The molecule has 0 atom stereocenters. The number of phenolic OH excluding ortho intramolecular Hbond substituents is 1. The van der Waals surface area contributed by atoms with E-state index in [-0.39, 0.29) is 11.7 Å². The number of phenols is 1. The third-order valence-electron chi connectivity index (χ3n) is 6.11. The Labute approximate surface area is 172 Å². The second-order valence-electron chi connectivity index (χ2n) is 7.97. The molecule has 2 N–H and O–H groups in total. The normalized spacial score (nSPS) is 17.1. The molecule has 4 rings (SSSR count). The van der Waals surface area contributed by atoms with Gasteiger partial charge in [-0.2, -0.15) is 0 Å². The molecule has 0 spiro atoms. The van der Waals surface area contributed by atoms with Crippen LogP contribution in [0.2, 0.25) is 0 Å². The van der Waals surface area contributed by atoms with Gasteiger partial charge in [0.25, 0.3) is 5.91 Å². The Morgan fingerprint density at radius 3 is 2.48 bits per heavy atom. The minimum atomic E-state index is -0.240. The van der Waals surface area contributed by atoms with Gasteiger partial charge in [-0.3, -0.25) is 4.79 Å². The van der Waals surface area contributed by atoms with Crippen LogP contribution in [0.25, 0.3) is 0 Å². The van der Waals surface area contributed by atoms with Crippen LogP contribution in [0.1, 0.15) is 46.8 Å². The third-order valence-corrected chi connectivity index (χ3v) is 6.11. The van der Waals surface area contributed by atoms with Gasteiger partial charge in [0.2, 0.25) is 0 Å². The number of hydrogen-bond acceptors (Lipinski definition) is 5. The van der Waals surface area contributed by atoms with Gasteiger partial charge >= 0.3 is 0 Å². The maximum absolute atomic E-state index is 12.6. The van der Waals surface area contributed by atoms with Gasteiger partial charge in [0.15, 0.2) is 0 Å². The number of amides is 1. The largest absolute Gasteiger partial charge is 0.507 e. The van der Waals surface area contributed by atoms with E-state index in [1.807, 2.05) is 24.4 Å². The van der Waals surface area contributed by atoms with Gasteiger partial charge in [-0.05, 0) is 67.1 Å². The number of nitrogens with zero attached hydrogens (tertiary/aromatic N) is 3. The highest BCUT2D eigenvalue weighted by Crippen LogP contribution is 2.28. The van der Waals surface area contributed by atoms with E-state index in [0.717, 1.165) is 69.8 Å². The summed E-state index contributed by atoms with van der Waals surface area (Å²) in [6, 6.07) is 7.66. The van der Waals surface area contributed by atoms with Crippen molar-refractivity contribution < 1.29 is 9.90 Å². The van der Waals surface area contributed by atoms with Crippen molar-refractivity contribution in [1.82, 2.24) is 15.2 Å². The zero-order chi connectivity index (χ0) is 20.2. The Bertz CT molecular complexity index is 858. The predicted octanol–water partition coefficient (Wildman–Crippen LogP) is 2.74. The van der Waals surface area contributed by atoms with E-state index in [1.165, 1.54) is 11.1 Å². The lowest BCUT2D eigenvalue weighted by molar-refractivity contribution is 0.0948. The summed E-state index contributed by atoms with van der Waals surface area (Å²) in [6.45, 7) is 7.82. The summed E-state index contributed by atoms with van der Waals surface area (Å²) < 4.78 is 0. The summed E-state index contributed by atoms with van der Waals surface area (Å²) in [6.07, 6.45) is 6.08. The summed E-state index contributed by atoms with van der Waals surface area (Å²) in [5.41, 5.74) is 3.68. The van der Waals surface area contributed by atoms with Crippen LogP contribution in [-0.4, -0.2) is 53.6 Å². The number of fused-ring (bicyclic) bond motifs is 1. The fourth-order valence-corrected chi connectivity index (χ4v) is 4.23. The molecule has 0 saturated carbocycles. The van der Waals surface area contributed by atoms with Crippen molar-refractivity contribution in [3.05, 3.63) is 52.7 Å². The molecule has 1 amide bonds. The van der Waals surface area contributed by atoms with Crippen LogP contribution < -0.4 is 10.2 Å². The number of likely N-dealkylation sites (N-methyl/N-ethyl adjacent to an activating group) is 1. The van der Waals surface area contributed by atoms with E-state index < -0.39 is 0 Å². The first kappa shape index (κ1) is 19.7. The first-order chi connectivity index (χ1) is 14.1. The van der Waals surface area contributed by atoms with E-state index in [9.17, 15) is 9.90 Å². The lowest BCUT2D eigenvalue weighted by Crippen LogP contribution is -2.46. The molecular formula is C23H30N4O2. The minimum absolute atomic E-state index is 0.0721. The highest BCUT2D eigenvalue weighted by Gasteiger charge is 2.18. The van der Waals surface area contributed by atoms with Crippen molar-refractivity contribution in [2.45, 2.75) is 39.2 Å². The number of anilines is 1. The fraction of sp³-hybridized carbons (Fsp3) is 0.478.